The highest BCUT2D eigenvalue weighted by Gasteiger charge is 2.15. The van der Waals surface area contributed by atoms with Crippen LogP contribution in [0.4, 0.5) is 0 Å². The van der Waals surface area contributed by atoms with Gasteiger partial charge in [-0.3, -0.25) is 0 Å². The second-order valence-corrected chi connectivity index (χ2v) is 5.38. The Bertz CT molecular complexity index is 172. The summed E-state index contributed by atoms with van der Waals surface area (Å²) in [5, 5.41) is 9.01. The third-order valence-corrected chi connectivity index (χ3v) is 2.83. The molecule has 0 aromatic rings. The molecule has 1 unspecified atom stereocenters. The van der Waals surface area contributed by atoms with Crippen molar-refractivity contribution in [3.8, 4) is 0 Å². The van der Waals surface area contributed by atoms with E-state index in [9.17, 15) is 0 Å². The Morgan fingerprint density at radius 3 is 2.19 bits per heavy atom. The highest BCUT2D eigenvalue weighted by molar-refractivity contribution is 4.76. The van der Waals surface area contributed by atoms with Gasteiger partial charge in [0.2, 0.25) is 0 Å². The fourth-order valence-electron chi connectivity index (χ4n) is 1.47. The van der Waals surface area contributed by atoms with Crippen LogP contribution in [0.1, 0.15) is 26.2 Å². The first-order chi connectivity index (χ1) is 7.37. The summed E-state index contributed by atoms with van der Waals surface area (Å²) in [6.07, 6.45) is 3.13. The summed E-state index contributed by atoms with van der Waals surface area (Å²) < 4.78 is 0. The fourth-order valence-corrected chi connectivity index (χ4v) is 1.47. The number of rotatable bonds is 9. The van der Waals surface area contributed by atoms with E-state index in [4.69, 9.17) is 10.8 Å². The summed E-state index contributed by atoms with van der Waals surface area (Å²) in [5.41, 5.74) is 5.46. The number of unbranched alkanes of at least 4 members (excludes halogenated alkanes) is 1. The molecule has 0 aliphatic carbocycles. The van der Waals surface area contributed by atoms with Gasteiger partial charge in [0.1, 0.15) is 0 Å². The first-order valence-corrected chi connectivity index (χ1v) is 6.10. The van der Waals surface area contributed by atoms with Crippen molar-refractivity contribution in [3.63, 3.8) is 0 Å². The summed E-state index contributed by atoms with van der Waals surface area (Å²) in [4.78, 5) is 4.53. The predicted molar refractivity (Wildman–Crippen MR) is 69.6 cm³/mol. The standard InChI is InChI=1S/C12H29N3O/c1-12(13,11-16)7-5-6-8-15(4)10-9-14(2)3/h16H,5-11,13H2,1-4H3. The van der Waals surface area contributed by atoms with Crippen molar-refractivity contribution in [1.82, 2.24) is 9.80 Å². The molecule has 0 heterocycles. The Morgan fingerprint density at radius 1 is 1.06 bits per heavy atom. The van der Waals surface area contributed by atoms with Crippen LogP contribution in [0.25, 0.3) is 0 Å². The van der Waals surface area contributed by atoms with Gasteiger partial charge < -0.3 is 20.6 Å². The molecule has 0 amide bonds. The second kappa shape index (κ2) is 8.01. The number of nitrogens with two attached hydrogens (primary N) is 1. The minimum atomic E-state index is -0.401. The Hall–Kier alpha value is -0.160. The molecule has 0 rings (SSSR count). The molecule has 4 heteroatoms. The molecule has 0 aliphatic rings. The minimum Gasteiger partial charge on any atom is -0.394 e. The van der Waals surface area contributed by atoms with Crippen molar-refractivity contribution < 1.29 is 5.11 Å². The molecule has 98 valence electrons. The van der Waals surface area contributed by atoms with E-state index in [1.165, 1.54) is 0 Å². The van der Waals surface area contributed by atoms with Gasteiger partial charge in [-0.15, -0.1) is 0 Å². The van der Waals surface area contributed by atoms with Crippen LogP contribution in [-0.2, 0) is 0 Å². The van der Waals surface area contributed by atoms with E-state index in [0.717, 1.165) is 38.9 Å². The Morgan fingerprint density at radius 2 is 1.69 bits per heavy atom. The maximum Gasteiger partial charge on any atom is 0.0608 e. The lowest BCUT2D eigenvalue weighted by Gasteiger charge is -2.23. The van der Waals surface area contributed by atoms with Crippen LogP contribution >= 0.6 is 0 Å². The van der Waals surface area contributed by atoms with E-state index >= 15 is 0 Å². The quantitative estimate of drug-likeness (QED) is 0.563. The van der Waals surface area contributed by atoms with Crippen LogP contribution in [-0.4, -0.2) is 67.8 Å². The topological polar surface area (TPSA) is 52.7 Å². The van der Waals surface area contributed by atoms with E-state index in [0.29, 0.717) is 0 Å². The van der Waals surface area contributed by atoms with Gasteiger partial charge in [0, 0.05) is 18.6 Å². The molecule has 0 spiro atoms. The smallest absolute Gasteiger partial charge is 0.0608 e. The van der Waals surface area contributed by atoms with E-state index < -0.39 is 5.54 Å². The highest BCUT2D eigenvalue weighted by atomic mass is 16.3. The highest BCUT2D eigenvalue weighted by Crippen LogP contribution is 2.09. The number of hydrogen-bond acceptors (Lipinski definition) is 4. The number of aliphatic hydroxyl groups excluding tert-OH is 1. The molecule has 0 fully saturated rings. The molecular formula is C12H29N3O. The molecule has 1 atom stereocenters. The maximum atomic E-state index is 9.01. The number of aliphatic hydroxyl groups is 1. The van der Waals surface area contributed by atoms with Crippen molar-refractivity contribution in [2.24, 2.45) is 5.73 Å². The molecule has 0 aromatic heterocycles. The lowest BCUT2D eigenvalue weighted by Crippen LogP contribution is -2.40. The van der Waals surface area contributed by atoms with Gasteiger partial charge in [-0.25, -0.2) is 0 Å². The van der Waals surface area contributed by atoms with Gasteiger partial charge in [0.25, 0.3) is 0 Å². The van der Waals surface area contributed by atoms with Crippen LogP contribution < -0.4 is 5.73 Å². The molecule has 0 radical (unpaired) electrons. The predicted octanol–water partition coefficient (Wildman–Crippen LogP) is 0.360. The van der Waals surface area contributed by atoms with Crippen molar-refractivity contribution >= 4 is 0 Å². The zero-order valence-corrected chi connectivity index (χ0v) is 11.4. The molecule has 0 saturated carbocycles. The molecule has 16 heavy (non-hydrogen) atoms. The first kappa shape index (κ1) is 15.8. The lowest BCUT2D eigenvalue weighted by atomic mass is 9.97. The zero-order chi connectivity index (χ0) is 12.6. The van der Waals surface area contributed by atoms with E-state index in [-0.39, 0.29) is 6.61 Å². The van der Waals surface area contributed by atoms with Crippen molar-refractivity contribution in [2.45, 2.75) is 31.7 Å². The van der Waals surface area contributed by atoms with Gasteiger partial charge in [-0.1, -0.05) is 6.42 Å². The van der Waals surface area contributed by atoms with Crippen LogP contribution in [0.2, 0.25) is 0 Å². The lowest BCUT2D eigenvalue weighted by molar-refractivity contribution is 0.194. The van der Waals surface area contributed by atoms with Crippen molar-refractivity contribution in [2.75, 3.05) is 47.4 Å². The molecule has 0 aliphatic heterocycles. The molecule has 4 nitrogen and oxygen atoms in total. The summed E-state index contributed by atoms with van der Waals surface area (Å²) in [6.45, 7) is 5.29. The number of nitrogens with zero attached hydrogens (tertiary/aromatic N) is 2. The van der Waals surface area contributed by atoms with Crippen molar-refractivity contribution in [3.05, 3.63) is 0 Å². The largest absolute Gasteiger partial charge is 0.394 e. The normalized spacial score (nSPS) is 15.8. The van der Waals surface area contributed by atoms with Crippen LogP contribution in [0.3, 0.4) is 0 Å². The zero-order valence-electron chi connectivity index (χ0n) is 11.4. The average Bonchev–Trinajstić information content (AvgIpc) is 2.21. The third kappa shape index (κ3) is 9.09. The monoisotopic (exact) mass is 231 g/mol. The Balaban J connectivity index is 3.44. The van der Waals surface area contributed by atoms with Crippen LogP contribution in [0, 0.1) is 0 Å². The number of hydrogen-bond donors (Lipinski definition) is 2. The van der Waals surface area contributed by atoms with Gasteiger partial charge in [0.05, 0.1) is 6.61 Å². The summed E-state index contributed by atoms with van der Waals surface area (Å²) in [6, 6.07) is 0. The maximum absolute atomic E-state index is 9.01. The second-order valence-electron chi connectivity index (χ2n) is 5.38. The molecule has 3 N–H and O–H groups in total. The Kier molecular flexibility index (Phi) is 7.93. The van der Waals surface area contributed by atoms with Gasteiger partial charge in [0.15, 0.2) is 0 Å². The number of likely N-dealkylation sites (N-methyl/N-ethyl adjacent to an activating group) is 2. The van der Waals surface area contributed by atoms with Crippen molar-refractivity contribution in [1.29, 1.82) is 0 Å². The summed E-state index contributed by atoms with van der Waals surface area (Å²) >= 11 is 0. The first-order valence-electron chi connectivity index (χ1n) is 6.10. The van der Waals surface area contributed by atoms with Crippen LogP contribution in [0.5, 0.6) is 0 Å². The average molecular weight is 231 g/mol. The third-order valence-electron chi connectivity index (χ3n) is 2.83. The van der Waals surface area contributed by atoms with Gasteiger partial charge >= 0.3 is 0 Å². The van der Waals surface area contributed by atoms with E-state index in [1.807, 2.05) is 6.92 Å². The van der Waals surface area contributed by atoms with Crippen LogP contribution in [0.15, 0.2) is 0 Å². The van der Waals surface area contributed by atoms with E-state index in [2.05, 4.69) is 30.9 Å². The minimum absolute atomic E-state index is 0.0729. The SMILES string of the molecule is CN(C)CCN(C)CCCCC(C)(N)CO. The molecule has 0 bridgehead atoms. The Labute approximate surface area is 100 Å². The summed E-state index contributed by atoms with van der Waals surface area (Å²) in [7, 11) is 6.33. The fraction of sp³-hybridized carbons (Fsp3) is 1.00. The summed E-state index contributed by atoms with van der Waals surface area (Å²) in [5.74, 6) is 0. The van der Waals surface area contributed by atoms with Gasteiger partial charge in [-0.05, 0) is 47.5 Å². The van der Waals surface area contributed by atoms with E-state index in [1.54, 1.807) is 0 Å². The molecular weight excluding hydrogens is 202 g/mol. The molecule has 0 saturated heterocycles. The molecule has 0 aromatic carbocycles. The van der Waals surface area contributed by atoms with Gasteiger partial charge in [-0.2, -0.15) is 0 Å².